The fourth-order valence-corrected chi connectivity index (χ4v) is 4.04. The van der Waals surface area contributed by atoms with Crippen molar-refractivity contribution >= 4 is 62.5 Å². The second-order valence-electron chi connectivity index (χ2n) is 6.50. The lowest BCUT2D eigenvalue weighted by molar-refractivity contribution is -0.145. The van der Waals surface area contributed by atoms with Crippen LogP contribution in [0, 0.1) is 0 Å². The zero-order valence-electron chi connectivity index (χ0n) is 17.2. The van der Waals surface area contributed by atoms with Crippen molar-refractivity contribution < 1.29 is 29.0 Å². The summed E-state index contributed by atoms with van der Waals surface area (Å²) >= 11 is 4.59. The highest BCUT2D eigenvalue weighted by molar-refractivity contribution is 9.10. The number of aromatic carboxylic acids is 1. The summed E-state index contributed by atoms with van der Waals surface area (Å²) in [6.45, 7) is 1.73. The molecular weight excluding hydrogens is 500 g/mol. The maximum atomic E-state index is 12.8. The van der Waals surface area contributed by atoms with Gasteiger partial charge in [-0.05, 0) is 67.2 Å². The van der Waals surface area contributed by atoms with E-state index in [9.17, 15) is 14.4 Å². The van der Waals surface area contributed by atoms with E-state index in [0.29, 0.717) is 27.1 Å². The summed E-state index contributed by atoms with van der Waals surface area (Å²) in [5.41, 5.74) is 1.29. The van der Waals surface area contributed by atoms with Crippen LogP contribution in [-0.4, -0.2) is 53.3 Å². The minimum Gasteiger partial charge on any atom is -0.481 e. The number of carboxylic acids is 1. The number of amidine groups is 1. The van der Waals surface area contributed by atoms with Crippen LogP contribution in [0.25, 0.3) is 6.08 Å². The van der Waals surface area contributed by atoms with Crippen molar-refractivity contribution in [1.82, 2.24) is 4.90 Å². The molecule has 32 heavy (non-hydrogen) atoms. The molecule has 166 valence electrons. The average molecular weight is 519 g/mol. The largest absolute Gasteiger partial charge is 0.481 e. The molecule has 0 aromatic heterocycles. The van der Waals surface area contributed by atoms with Crippen LogP contribution in [-0.2, 0) is 14.3 Å². The van der Waals surface area contributed by atoms with Crippen LogP contribution >= 0.6 is 27.7 Å². The number of esters is 1. The molecule has 2 aromatic rings. The molecule has 0 spiro atoms. The molecule has 1 fully saturated rings. The number of rotatable bonds is 7. The number of thioether (sulfide) groups is 1. The lowest BCUT2D eigenvalue weighted by Gasteiger charge is -2.10. The van der Waals surface area contributed by atoms with Gasteiger partial charge in [-0.1, -0.05) is 15.9 Å². The molecule has 8 nitrogen and oxygen atoms in total. The average Bonchev–Trinajstić information content (AvgIpc) is 3.01. The quantitative estimate of drug-likeness (QED) is 0.429. The van der Waals surface area contributed by atoms with Gasteiger partial charge in [-0.25, -0.2) is 14.6 Å². The van der Waals surface area contributed by atoms with Gasteiger partial charge in [0.05, 0.1) is 22.8 Å². The second-order valence-corrected chi connectivity index (χ2v) is 8.42. The second kappa shape index (κ2) is 10.5. The van der Waals surface area contributed by atoms with E-state index in [-0.39, 0.29) is 24.7 Å². The molecule has 1 N–H and O–H groups in total. The van der Waals surface area contributed by atoms with E-state index in [1.807, 2.05) is 0 Å². The Labute approximate surface area is 197 Å². The molecule has 1 aliphatic rings. The first-order chi connectivity index (χ1) is 15.3. The minimum absolute atomic E-state index is 0.156. The van der Waals surface area contributed by atoms with Crippen molar-refractivity contribution in [3.05, 3.63) is 63.0 Å². The Kier molecular flexibility index (Phi) is 7.70. The van der Waals surface area contributed by atoms with E-state index in [1.54, 1.807) is 50.4 Å². The third-order valence-electron chi connectivity index (χ3n) is 4.25. The van der Waals surface area contributed by atoms with Crippen molar-refractivity contribution in [2.24, 2.45) is 4.99 Å². The van der Waals surface area contributed by atoms with Crippen molar-refractivity contribution in [3.63, 3.8) is 0 Å². The number of hydrogen-bond acceptors (Lipinski definition) is 7. The summed E-state index contributed by atoms with van der Waals surface area (Å²) < 4.78 is 11.2. The highest BCUT2D eigenvalue weighted by Gasteiger charge is 2.30. The number of aliphatic imine (C=N–C) groups is 1. The molecule has 1 heterocycles. The summed E-state index contributed by atoms with van der Waals surface area (Å²) in [5.74, 6) is -1.32. The maximum absolute atomic E-state index is 12.8. The van der Waals surface area contributed by atoms with Gasteiger partial charge >= 0.3 is 11.9 Å². The Hall–Kier alpha value is -3.11. The van der Waals surface area contributed by atoms with Gasteiger partial charge in [0.15, 0.2) is 11.8 Å². The van der Waals surface area contributed by atoms with Crippen molar-refractivity contribution in [1.29, 1.82) is 0 Å². The fourth-order valence-electron chi connectivity index (χ4n) is 2.68. The molecule has 10 heteroatoms. The number of carbonyl (C=O) groups is 3. The number of carbonyl (C=O) groups excluding carboxylic acids is 2. The molecular formula is C22H19BrN2O6S. The predicted octanol–water partition coefficient (Wildman–Crippen LogP) is 4.32. The minimum atomic E-state index is -1.02. The van der Waals surface area contributed by atoms with E-state index in [0.717, 1.165) is 4.47 Å². The Bertz CT molecular complexity index is 1110. The monoisotopic (exact) mass is 518 g/mol. The molecule has 3 rings (SSSR count). The normalized spacial score (nSPS) is 16.0. The van der Waals surface area contributed by atoms with Crippen LogP contribution in [0.2, 0.25) is 0 Å². The van der Waals surface area contributed by atoms with Crippen LogP contribution in [0.1, 0.15) is 22.8 Å². The summed E-state index contributed by atoms with van der Waals surface area (Å²) in [7, 11) is 1.61. The molecule has 0 radical (unpaired) electrons. The van der Waals surface area contributed by atoms with E-state index in [2.05, 4.69) is 20.9 Å². The fraction of sp³-hybridized carbons (Fsp3) is 0.182. The van der Waals surface area contributed by atoms with Gasteiger partial charge in [-0.2, -0.15) is 0 Å². The van der Waals surface area contributed by atoms with Crippen LogP contribution in [0.15, 0.2) is 56.8 Å². The van der Waals surface area contributed by atoms with Gasteiger partial charge in [0.2, 0.25) is 0 Å². The van der Waals surface area contributed by atoms with Crippen LogP contribution in [0.4, 0.5) is 5.69 Å². The Morgan fingerprint density at radius 2 is 1.94 bits per heavy atom. The van der Waals surface area contributed by atoms with Crippen LogP contribution in [0.3, 0.4) is 0 Å². The Morgan fingerprint density at radius 1 is 1.22 bits per heavy atom. The Balaban J connectivity index is 1.84. The first kappa shape index (κ1) is 23.6. The summed E-state index contributed by atoms with van der Waals surface area (Å²) in [6.07, 6.45) is 1.67. The first-order valence-corrected chi connectivity index (χ1v) is 11.1. The zero-order valence-corrected chi connectivity index (χ0v) is 19.6. The van der Waals surface area contributed by atoms with Gasteiger partial charge in [-0.3, -0.25) is 9.69 Å². The number of amides is 1. The van der Waals surface area contributed by atoms with E-state index < -0.39 is 11.9 Å². The first-order valence-electron chi connectivity index (χ1n) is 9.46. The molecule has 1 saturated heterocycles. The van der Waals surface area contributed by atoms with E-state index in [4.69, 9.17) is 14.6 Å². The lowest BCUT2D eigenvalue weighted by Crippen LogP contribution is -2.23. The number of halogens is 1. The predicted molar refractivity (Wildman–Crippen MR) is 125 cm³/mol. The molecule has 1 aliphatic heterocycles. The van der Waals surface area contributed by atoms with Crippen molar-refractivity contribution in [3.8, 4) is 5.75 Å². The highest BCUT2D eigenvalue weighted by atomic mass is 79.9. The molecule has 0 atom stereocenters. The SMILES string of the molecule is CCOC(=O)COc1ccc(Br)cc1/C=C1\SC(=Nc2ccc(C(=O)O)cc2)N(C)C1=O. The highest BCUT2D eigenvalue weighted by Crippen LogP contribution is 2.35. The van der Waals surface area contributed by atoms with Crippen molar-refractivity contribution in [2.75, 3.05) is 20.3 Å². The number of benzene rings is 2. The van der Waals surface area contributed by atoms with Crippen LogP contribution in [0.5, 0.6) is 5.75 Å². The number of likely N-dealkylation sites (N-methyl/N-ethyl adjacent to an activating group) is 1. The Morgan fingerprint density at radius 3 is 2.59 bits per heavy atom. The maximum Gasteiger partial charge on any atom is 0.344 e. The molecule has 0 saturated carbocycles. The number of carboxylic acid groups (broad SMARTS) is 1. The van der Waals surface area contributed by atoms with E-state index >= 15 is 0 Å². The standard InChI is InChI=1S/C22H19BrN2O6S/c1-3-30-19(26)12-31-17-9-6-15(23)10-14(17)11-18-20(27)25(2)22(32-18)24-16-7-4-13(5-8-16)21(28)29/h4-11H,3,12H2,1-2H3,(H,28,29)/b18-11-,24-22?. The third kappa shape index (κ3) is 5.77. The molecule has 2 aromatic carbocycles. The summed E-state index contributed by atoms with van der Waals surface area (Å²) in [4.78, 5) is 41.7. The molecule has 0 unspecified atom stereocenters. The van der Waals surface area contributed by atoms with Gasteiger partial charge < -0.3 is 14.6 Å². The molecule has 0 bridgehead atoms. The van der Waals surface area contributed by atoms with Gasteiger partial charge in [0.25, 0.3) is 5.91 Å². The summed E-state index contributed by atoms with van der Waals surface area (Å²) in [5, 5.41) is 9.46. The van der Waals surface area contributed by atoms with Gasteiger partial charge in [0, 0.05) is 17.1 Å². The van der Waals surface area contributed by atoms with Crippen LogP contribution < -0.4 is 4.74 Å². The van der Waals surface area contributed by atoms with Gasteiger partial charge in [-0.15, -0.1) is 0 Å². The molecule has 0 aliphatic carbocycles. The number of hydrogen-bond donors (Lipinski definition) is 1. The summed E-state index contributed by atoms with van der Waals surface area (Å²) in [6, 6.07) is 11.3. The molecule has 1 amide bonds. The number of ether oxygens (including phenoxy) is 2. The van der Waals surface area contributed by atoms with Gasteiger partial charge in [0.1, 0.15) is 5.75 Å². The topological polar surface area (TPSA) is 106 Å². The lowest BCUT2D eigenvalue weighted by atomic mass is 10.2. The third-order valence-corrected chi connectivity index (χ3v) is 5.81. The number of nitrogens with zero attached hydrogens (tertiary/aromatic N) is 2. The van der Waals surface area contributed by atoms with Crippen molar-refractivity contribution in [2.45, 2.75) is 6.92 Å². The van der Waals surface area contributed by atoms with E-state index in [1.165, 1.54) is 28.8 Å². The smallest absolute Gasteiger partial charge is 0.344 e. The zero-order chi connectivity index (χ0) is 23.3.